The van der Waals surface area contributed by atoms with Crippen LogP contribution in [0.1, 0.15) is 36.0 Å². The van der Waals surface area contributed by atoms with Crippen LogP contribution in [0.4, 0.5) is 0 Å². The normalized spacial score (nSPS) is 11.5. The van der Waals surface area contributed by atoms with E-state index in [0.717, 1.165) is 9.77 Å². The zero-order chi connectivity index (χ0) is 13.9. The molecule has 0 spiro atoms. The van der Waals surface area contributed by atoms with Gasteiger partial charge in [0.05, 0.1) is 10.6 Å². The number of hydrogen-bond acceptors (Lipinski definition) is 3. The molecule has 0 aliphatic carbocycles. The molecule has 2 aromatic rings. The first-order chi connectivity index (χ1) is 8.97. The number of hydrogen-bond donors (Lipinski definition) is 0. The Morgan fingerprint density at radius 1 is 1.16 bits per heavy atom. The van der Waals surface area contributed by atoms with Crippen molar-refractivity contribution in [3.63, 3.8) is 0 Å². The summed E-state index contributed by atoms with van der Waals surface area (Å²) in [5, 5.41) is 1.94. The van der Waals surface area contributed by atoms with E-state index in [4.69, 9.17) is 0 Å². The third-order valence-electron chi connectivity index (χ3n) is 2.89. The second kappa shape index (κ2) is 5.93. The fraction of sp³-hybridized carbons (Fsp3) is 0.312. The van der Waals surface area contributed by atoms with Crippen LogP contribution >= 0.6 is 23.1 Å². The second-order valence-electron chi connectivity index (χ2n) is 5.46. The summed E-state index contributed by atoms with van der Waals surface area (Å²) < 4.78 is 0. The molecule has 3 heteroatoms. The summed E-state index contributed by atoms with van der Waals surface area (Å²) in [6.07, 6.45) is 0. The maximum absolute atomic E-state index is 11.9. The molecule has 1 nitrogen and oxygen atoms in total. The van der Waals surface area contributed by atoms with Crippen LogP contribution in [-0.4, -0.2) is 11.5 Å². The molecular formula is C16H18OS2. The summed E-state index contributed by atoms with van der Waals surface area (Å²) in [7, 11) is 0. The maximum atomic E-state index is 11.9. The number of thiophene rings is 1. The van der Waals surface area contributed by atoms with Crippen molar-refractivity contribution in [3.05, 3.63) is 52.2 Å². The summed E-state index contributed by atoms with van der Waals surface area (Å²) in [5.74, 6) is 0.718. The molecule has 0 saturated carbocycles. The van der Waals surface area contributed by atoms with Crippen LogP contribution in [0.3, 0.4) is 0 Å². The summed E-state index contributed by atoms with van der Waals surface area (Å²) >= 11 is 3.11. The minimum absolute atomic E-state index is 0.177. The van der Waals surface area contributed by atoms with Crippen molar-refractivity contribution in [3.8, 4) is 0 Å². The van der Waals surface area contributed by atoms with Gasteiger partial charge in [-0.05, 0) is 34.6 Å². The highest BCUT2D eigenvalue weighted by atomic mass is 32.2. The lowest BCUT2D eigenvalue weighted by atomic mass is 9.87. The molecule has 0 radical (unpaired) electrons. The van der Waals surface area contributed by atoms with Crippen molar-refractivity contribution < 1.29 is 4.79 Å². The summed E-state index contributed by atoms with van der Waals surface area (Å²) in [4.78, 5) is 13.9. The van der Waals surface area contributed by atoms with Gasteiger partial charge in [-0.15, -0.1) is 23.1 Å². The minimum Gasteiger partial charge on any atom is -0.292 e. The Balaban J connectivity index is 1.95. The lowest BCUT2D eigenvalue weighted by Crippen LogP contribution is -2.10. The summed E-state index contributed by atoms with van der Waals surface area (Å²) in [6, 6.07) is 12.3. The van der Waals surface area contributed by atoms with Crippen LogP contribution in [0, 0.1) is 0 Å². The smallest absolute Gasteiger partial charge is 0.182 e. The Morgan fingerprint density at radius 3 is 2.37 bits per heavy atom. The van der Waals surface area contributed by atoms with Gasteiger partial charge in [0, 0.05) is 4.90 Å². The van der Waals surface area contributed by atoms with Crippen LogP contribution in [0.25, 0.3) is 0 Å². The molecule has 0 aliphatic rings. The van der Waals surface area contributed by atoms with Gasteiger partial charge in [0.25, 0.3) is 0 Å². The highest BCUT2D eigenvalue weighted by molar-refractivity contribution is 8.00. The predicted octanol–water partition coefficient (Wildman–Crippen LogP) is 5.02. The molecule has 0 atom stereocenters. The fourth-order valence-corrected chi connectivity index (χ4v) is 3.25. The molecule has 0 fully saturated rings. The Kier molecular flexibility index (Phi) is 4.48. The van der Waals surface area contributed by atoms with Crippen LogP contribution in [0.15, 0.2) is 46.7 Å². The molecule has 2 rings (SSSR count). The Morgan fingerprint density at radius 2 is 1.84 bits per heavy atom. The van der Waals surface area contributed by atoms with E-state index in [-0.39, 0.29) is 11.2 Å². The van der Waals surface area contributed by atoms with E-state index in [0.29, 0.717) is 5.75 Å². The van der Waals surface area contributed by atoms with E-state index in [1.807, 2.05) is 17.5 Å². The van der Waals surface area contributed by atoms with Crippen LogP contribution in [0.2, 0.25) is 0 Å². The standard InChI is InChI=1S/C16H18OS2/c1-16(2,3)12-6-8-13(9-7-12)19-11-14(17)15-5-4-10-18-15/h4-10H,11H2,1-3H3. The number of ketones is 1. The van der Waals surface area contributed by atoms with Crippen LogP contribution in [0.5, 0.6) is 0 Å². The minimum atomic E-state index is 0.177. The van der Waals surface area contributed by atoms with Crippen molar-refractivity contribution in [2.75, 3.05) is 5.75 Å². The SMILES string of the molecule is CC(C)(C)c1ccc(SCC(=O)c2cccs2)cc1. The van der Waals surface area contributed by atoms with Gasteiger partial charge in [0.15, 0.2) is 5.78 Å². The Bertz CT molecular complexity index is 533. The van der Waals surface area contributed by atoms with E-state index in [9.17, 15) is 4.79 Å². The van der Waals surface area contributed by atoms with Crippen molar-refractivity contribution in [1.82, 2.24) is 0 Å². The number of carbonyl (C=O) groups is 1. The summed E-state index contributed by atoms with van der Waals surface area (Å²) in [5.41, 5.74) is 1.50. The maximum Gasteiger partial charge on any atom is 0.182 e. The number of rotatable bonds is 4. The molecule has 0 saturated heterocycles. The molecule has 1 heterocycles. The molecule has 0 amide bonds. The van der Waals surface area contributed by atoms with Gasteiger partial charge in [-0.3, -0.25) is 4.79 Å². The van der Waals surface area contributed by atoms with Crippen molar-refractivity contribution in [2.45, 2.75) is 31.1 Å². The third-order valence-corrected chi connectivity index (χ3v) is 4.81. The highest BCUT2D eigenvalue weighted by Gasteiger charge is 2.13. The first-order valence-corrected chi connectivity index (χ1v) is 8.13. The molecule has 100 valence electrons. The molecule has 0 aliphatic heterocycles. The van der Waals surface area contributed by atoms with Gasteiger partial charge < -0.3 is 0 Å². The third kappa shape index (κ3) is 3.95. The molecular weight excluding hydrogens is 272 g/mol. The monoisotopic (exact) mass is 290 g/mol. The van der Waals surface area contributed by atoms with E-state index in [2.05, 4.69) is 45.0 Å². The first-order valence-electron chi connectivity index (χ1n) is 6.27. The number of Topliss-reactive ketones (excluding diaryl/α,β-unsaturated/α-hetero) is 1. The lowest BCUT2D eigenvalue weighted by molar-refractivity contribution is 0.102. The van der Waals surface area contributed by atoms with Gasteiger partial charge in [0.2, 0.25) is 0 Å². The highest BCUT2D eigenvalue weighted by Crippen LogP contribution is 2.26. The molecule has 0 bridgehead atoms. The number of benzene rings is 1. The van der Waals surface area contributed by atoms with E-state index in [1.54, 1.807) is 11.8 Å². The topological polar surface area (TPSA) is 17.1 Å². The molecule has 1 aromatic heterocycles. The number of carbonyl (C=O) groups excluding carboxylic acids is 1. The van der Waals surface area contributed by atoms with Crippen LogP contribution in [-0.2, 0) is 5.41 Å². The lowest BCUT2D eigenvalue weighted by Gasteiger charge is -2.18. The average Bonchev–Trinajstić information content (AvgIpc) is 2.89. The number of thioether (sulfide) groups is 1. The fourth-order valence-electron chi connectivity index (χ4n) is 1.71. The van der Waals surface area contributed by atoms with E-state index >= 15 is 0 Å². The van der Waals surface area contributed by atoms with Gasteiger partial charge in [-0.1, -0.05) is 39.0 Å². The molecule has 1 aromatic carbocycles. The zero-order valence-corrected chi connectivity index (χ0v) is 13.1. The quantitative estimate of drug-likeness (QED) is 0.581. The zero-order valence-electron chi connectivity index (χ0n) is 11.5. The van der Waals surface area contributed by atoms with Crippen molar-refractivity contribution in [2.24, 2.45) is 0 Å². The van der Waals surface area contributed by atoms with E-state index in [1.165, 1.54) is 16.9 Å². The van der Waals surface area contributed by atoms with Gasteiger partial charge in [-0.25, -0.2) is 0 Å². The Hall–Kier alpha value is -1.06. The van der Waals surface area contributed by atoms with Gasteiger partial charge in [-0.2, -0.15) is 0 Å². The predicted molar refractivity (Wildman–Crippen MR) is 84.5 cm³/mol. The van der Waals surface area contributed by atoms with Crippen LogP contribution < -0.4 is 0 Å². The van der Waals surface area contributed by atoms with Gasteiger partial charge in [0.1, 0.15) is 0 Å². The Labute approximate surface area is 123 Å². The molecule has 0 N–H and O–H groups in total. The van der Waals surface area contributed by atoms with Crippen molar-refractivity contribution >= 4 is 28.9 Å². The first kappa shape index (κ1) is 14.4. The van der Waals surface area contributed by atoms with Crippen molar-refractivity contribution in [1.29, 1.82) is 0 Å². The largest absolute Gasteiger partial charge is 0.292 e. The van der Waals surface area contributed by atoms with Gasteiger partial charge >= 0.3 is 0 Å². The average molecular weight is 290 g/mol. The second-order valence-corrected chi connectivity index (χ2v) is 7.46. The van der Waals surface area contributed by atoms with E-state index < -0.39 is 0 Å². The molecule has 0 unspecified atom stereocenters. The summed E-state index contributed by atoms with van der Waals surface area (Å²) in [6.45, 7) is 6.61. The molecule has 19 heavy (non-hydrogen) atoms.